The van der Waals surface area contributed by atoms with Gasteiger partial charge in [0.1, 0.15) is 0 Å². The lowest BCUT2D eigenvalue weighted by Gasteiger charge is -2.05. The Morgan fingerprint density at radius 2 is 1.95 bits per heavy atom. The first-order valence-corrected chi connectivity index (χ1v) is 7.22. The van der Waals surface area contributed by atoms with Crippen molar-refractivity contribution >= 4 is 29.3 Å². The molecule has 0 spiro atoms. The molecule has 1 aromatic carbocycles. The van der Waals surface area contributed by atoms with Gasteiger partial charge in [-0.1, -0.05) is 29.5 Å². The van der Waals surface area contributed by atoms with Crippen molar-refractivity contribution in [3.05, 3.63) is 53.7 Å². The number of nitrogens with zero attached hydrogens (tertiary/aromatic N) is 1. The largest absolute Gasteiger partial charge is 0.478 e. The zero-order valence-electron chi connectivity index (χ0n) is 11.4. The van der Waals surface area contributed by atoms with E-state index in [2.05, 4.69) is 10.3 Å². The minimum atomic E-state index is -1.01. The van der Waals surface area contributed by atoms with E-state index in [1.165, 1.54) is 30.1 Å². The number of aryl methyl sites for hydroxylation is 1. The smallest absolute Gasteiger partial charge is 0.335 e. The number of aromatic nitrogens is 1. The van der Waals surface area contributed by atoms with Crippen LogP contribution in [0.5, 0.6) is 0 Å². The average Bonchev–Trinajstić information content (AvgIpc) is 2.48. The molecule has 0 bridgehead atoms. The summed E-state index contributed by atoms with van der Waals surface area (Å²) in [6.45, 7) is 1.97. The molecule has 0 aliphatic heterocycles. The maximum absolute atomic E-state index is 11.8. The van der Waals surface area contributed by atoms with Crippen molar-refractivity contribution in [2.24, 2.45) is 0 Å². The van der Waals surface area contributed by atoms with Gasteiger partial charge in [-0.3, -0.25) is 4.79 Å². The van der Waals surface area contributed by atoms with Crippen LogP contribution in [-0.2, 0) is 4.79 Å². The van der Waals surface area contributed by atoms with E-state index in [0.717, 1.165) is 11.3 Å². The molecule has 0 saturated carbocycles. The SMILES string of the molecule is Cc1ccc(NC(=O)CSc2cc(C(=O)O)ccn2)cc1. The van der Waals surface area contributed by atoms with Crippen LogP contribution >= 0.6 is 11.8 Å². The number of benzene rings is 1. The van der Waals surface area contributed by atoms with Crippen molar-refractivity contribution in [1.29, 1.82) is 0 Å². The number of pyridine rings is 1. The van der Waals surface area contributed by atoms with Gasteiger partial charge in [0, 0.05) is 11.9 Å². The van der Waals surface area contributed by atoms with Gasteiger partial charge in [-0.05, 0) is 31.2 Å². The quantitative estimate of drug-likeness (QED) is 0.830. The van der Waals surface area contributed by atoms with Gasteiger partial charge in [0.2, 0.25) is 5.91 Å². The second-order valence-corrected chi connectivity index (χ2v) is 5.39. The minimum absolute atomic E-state index is 0.159. The van der Waals surface area contributed by atoms with Crippen LogP contribution in [0, 0.1) is 6.92 Å². The third kappa shape index (κ3) is 4.61. The fourth-order valence-corrected chi connectivity index (χ4v) is 2.29. The van der Waals surface area contributed by atoms with Crippen LogP contribution in [0.15, 0.2) is 47.6 Å². The number of carbonyl (C=O) groups is 2. The number of hydrogen-bond donors (Lipinski definition) is 2. The molecule has 108 valence electrons. The van der Waals surface area contributed by atoms with Gasteiger partial charge >= 0.3 is 5.97 Å². The van der Waals surface area contributed by atoms with Crippen LogP contribution in [0.4, 0.5) is 5.69 Å². The van der Waals surface area contributed by atoms with E-state index in [0.29, 0.717) is 5.03 Å². The van der Waals surface area contributed by atoms with Crippen LogP contribution in [0.3, 0.4) is 0 Å². The van der Waals surface area contributed by atoms with Gasteiger partial charge < -0.3 is 10.4 Å². The van der Waals surface area contributed by atoms with E-state index in [9.17, 15) is 9.59 Å². The molecule has 0 aliphatic carbocycles. The molecule has 2 aromatic rings. The van der Waals surface area contributed by atoms with Gasteiger partial charge in [0.05, 0.1) is 16.3 Å². The zero-order chi connectivity index (χ0) is 15.2. The summed E-state index contributed by atoms with van der Waals surface area (Å²) in [6.07, 6.45) is 1.42. The van der Waals surface area contributed by atoms with E-state index in [-0.39, 0.29) is 17.2 Å². The molecule has 0 radical (unpaired) electrons. The van der Waals surface area contributed by atoms with Crippen LogP contribution in [0.2, 0.25) is 0 Å². The molecule has 6 heteroatoms. The van der Waals surface area contributed by atoms with Gasteiger partial charge in [-0.25, -0.2) is 9.78 Å². The Morgan fingerprint density at radius 1 is 1.24 bits per heavy atom. The Balaban J connectivity index is 1.90. The summed E-state index contributed by atoms with van der Waals surface area (Å²) in [5.41, 5.74) is 2.02. The first kappa shape index (κ1) is 15.1. The number of carboxylic acid groups (broad SMARTS) is 1. The third-order valence-electron chi connectivity index (χ3n) is 2.67. The number of rotatable bonds is 5. The lowest BCUT2D eigenvalue weighted by Crippen LogP contribution is -2.14. The van der Waals surface area contributed by atoms with Crippen molar-refractivity contribution in [1.82, 2.24) is 4.98 Å². The highest BCUT2D eigenvalue weighted by molar-refractivity contribution is 7.99. The van der Waals surface area contributed by atoms with Crippen molar-refractivity contribution in [3.63, 3.8) is 0 Å². The number of anilines is 1. The lowest BCUT2D eigenvalue weighted by atomic mass is 10.2. The Morgan fingerprint density at radius 3 is 2.62 bits per heavy atom. The molecule has 0 aliphatic rings. The molecule has 0 saturated heterocycles. The Hall–Kier alpha value is -2.34. The topological polar surface area (TPSA) is 79.3 Å². The first-order chi connectivity index (χ1) is 10.0. The summed E-state index contributed by atoms with van der Waals surface area (Å²) in [4.78, 5) is 26.7. The summed E-state index contributed by atoms with van der Waals surface area (Å²) in [7, 11) is 0. The van der Waals surface area contributed by atoms with Gasteiger partial charge in [-0.15, -0.1) is 0 Å². The van der Waals surface area contributed by atoms with Crippen molar-refractivity contribution in [2.45, 2.75) is 11.9 Å². The molecule has 5 nitrogen and oxygen atoms in total. The standard InChI is InChI=1S/C15H14N2O3S/c1-10-2-4-12(5-3-10)17-13(18)9-21-14-8-11(15(19)20)6-7-16-14/h2-8H,9H2,1H3,(H,17,18)(H,19,20). The molecule has 0 unspecified atom stereocenters. The fourth-order valence-electron chi connectivity index (χ4n) is 1.59. The molecule has 21 heavy (non-hydrogen) atoms. The van der Waals surface area contributed by atoms with Crippen molar-refractivity contribution in [2.75, 3.05) is 11.1 Å². The van der Waals surface area contributed by atoms with Crippen LogP contribution in [-0.4, -0.2) is 27.7 Å². The van der Waals surface area contributed by atoms with E-state index >= 15 is 0 Å². The maximum Gasteiger partial charge on any atom is 0.335 e. The number of thioether (sulfide) groups is 1. The zero-order valence-corrected chi connectivity index (χ0v) is 12.2. The molecule has 0 atom stereocenters. The van der Waals surface area contributed by atoms with E-state index < -0.39 is 5.97 Å². The van der Waals surface area contributed by atoms with E-state index in [1.54, 1.807) is 0 Å². The van der Waals surface area contributed by atoms with E-state index in [4.69, 9.17) is 5.11 Å². The Kier molecular flexibility index (Phi) is 4.94. The average molecular weight is 302 g/mol. The maximum atomic E-state index is 11.8. The molecule has 2 N–H and O–H groups in total. The van der Waals surface area contributed by atoms with Gasteiger partial charge in [0.15, 0.2) is 0 Å². The molecular weight excluding hydrogens is 288 g/mol. The van der Waals surface area contributed by atoms with Crippen LogP contribution in [0.25, 0.3) is 0 Å². The predicted molar refractivity (Wildman–Crippen MR) is 81.7 cm³/mol. The summed E-state index contributed by atoms with van der Waals surface area (Å²) in [6, 6.07) is 10.4. The number of carboxylic acids is 1. The monoisotopic (exact) mass is 302 g/mol. The van der Waals surface area contributed by atoms with Gasteiger partial charge in [-0.2, -0.15) is 0 Å². The van der Waals surface area contributed by atoms with Crippen LogP contribution in [0.1, 0.15) is 15.9 Å². The first-order valence-electron chi connectivity index (χ1n) is 6.23. The lowest BCUT2D eigenvalue weighted by molar-refractivity contribution is -0.113. The molecule has 1 amide bonds. The summed E-state index contributed by atoms with van der Waals surface area (Å²) >= 11 is 1.20. The Bertz CT molecular complexity index is 656. The molecule has 1 aromatic heterocycles. The number of carbonyl (C=O) groups excluding carboxylic acids is 1. The van der Waals surface area contributed by atoms with Crippen LogP contribution < -0.4 is 5.32 Å². The Labute approximate surface area is 126 Å². The highest BCUT2D eigenvalue weighted by Crippen LogP contribution is 2.17. The highest BCUT2D eigenvalue weighted by atomic mass is 32.2. The van der Waals surface area contributed by atoms with E-state index in [1.807, 2.05) is 31.2 Å². The summed E-state index contributed by atoms with van der Waals surface area (Å²) < 4.78 is 0. The minimum Gasteiger partial charge on any atom is -0.478 e. The van der Waals surface area contributed by atoms with Crippen molar-refractivity contribution < 1.29 is 14.7 Å². The number of aromatic carboxylic acids is 1. The second kappa shape index (κ2) is 6.90. The molecule has 1 heterocycles. The van der Waals surface area contributed by atoms with Gasteiger partial charge in [0.25, 0.3) is 0 Å². The summed E-state index contributed by atoms with van der Waals surface area (Å²) in [5, 5.41) is 12.2. The number of amides is 1. The third-order valence-corrected chi connectivity index (χ3v) is 3.59. The number of hydrogen-bond acceptors (Lipinski definition) is 4. The second-order valence-electron chi connectivity index (χ2n) is 4.39. The summed E-state index contributed by atoms with van der Waals surface area (Å²) in [5.74, 6) is -1.00. The molecule has 2 rings (SSSR count). The molecule has 0 fully saturated rings. The predicted octanol–water partition coefficient (Wildman–Crippen LogP) is 2.82. The van der Waals surface area contributed by atoms with Crippen molar-refractivity contribution in [3.8, 4) is 0 Å². The highest BCUT2D eigenvalue weighted by Gasteiger charge is 2.07. The number of nitrogens with one attached hydrogen (secondary N) is 1. The molecular formula is C15H14N2O3S. The normalized spacial score (nSPS) is 10.1. The fraction of sp³-hybridized carbons (Fsp3) is 0.133.